The quantitative estimate of drug-likeness (QED) is 0.836. The van der Waals surface area contributed by atoms with Gasteiger partial charge in [-0.05, 0) is 33.2 Å². The van der Waals surface area contributed by atoms with E-state index in [1.165, 1.54) is 12.8 Å². The lowest BCUT2D eigenvalue weighted by molar-refractivity contribution is -0.232. The van der Waals surface area contributed by atoms with Crippen molar-refractivity contribution in [3.8, 4) is 0 Å². The molecule has 0 aromatic rings. The summed E-state index contributed by atoms with van der Waals surface area (Å²) in [5, 5.41) is 0. The molecule has 3 nitrogen and oxygen atoms in total. The summed E-state index contributed by atoms with van der Waals surface area (Å²) in [5.41, 5.74) is 6.84. The maximum atomic E-state index is 6.83. The first-order valence-corrected chi connectivity index (χ1v) is 7.49. The van der Waals surface area contributed by atoms with E-state index in [4.69, 9.17) is 10.5 Å². The summed E-state index contributed by atoms with van der Waals surface area (Å²) in [4.78, 5) is 2.49. The summed E-state index contributed by atoms with van der Waals surface area (Å²) in [6.07, 6.45) is 2.78. The van der Waals surface area contributed by atoms with Crippen LogP contribution in [0.4, 0.5) is 0 Å². The number of fused-ring (bicyclic) bond motifs is 1. The predicted molar refractivity (Wildman–Crippen MR) is 75.5 cm³/mol. The Morgan fingerprint density at radius 2 is 2.06 bits per heavy atom. The third kappa shape index (κ3) is 1.91. The van der Waals surface area contributed by atoms with Gasteiger partial charge in [0.05, 0.1) is 6.10 Å². The van der Waals surface area contributed by atoms with Gasteiger partial charge in [0.1, 0.15) is 0 Å². The molecule has 0 spiro atoms. The minimum absolute atomic E-state index is 0.0850. The van der Waals surface area contributed by atoms with Gasteiger partial charge in [0.2, 0.25) is 0 Å². The van der Waals surface area contributed by atoms with Gasteiger partial charge in [0, 0.05) is 36.1 Å². The average Bonchev–Trinajstić information content (AvgIpc) is 2.35. The zero-order valence-corrected chi connectivity index (χ0v) is 12.7. The van der Waals surface area contributed by atoms with Gasteiger partial charge in [-0.25, -0.2) is 0 Å². The molecule has 0 amide bonds. The highest BCUT2D eigenvalue weighted by Crippen LogP contribution is 2.57. The highest BCUT2D eigenvalue weighted by Gasteiger charge is 2.66. The van der Waals surface area contributed by atoms with Crippen molar-refractivity contribution < 1.29 is 4.74 Å². The van der Waals surface area contributed by atoms with Crippen LogP contribution in [0.3, 0.4) is 0 Å². The fraction of sp³-hybridized carbons (Fsp3) is 1.00. The number of hydrogen-bond acceptors (Lipinski definition) is 3. The second kappa shape index (κ2) is 4.77. The summed E-state index contributed by atoms with van der Waals surface area (Å²) >= 11 is 0. The molecule has 3 heteroatoms. The Labute approximate surface area is 112 Å². The zero-order chi connectivity index (χ0) is 13.6. The second-order valence-electron chi connectivity index (χ2n) is 6.96. The lowest BCUT2D eigenvalue weighted by atomic mass is 9.46. The molecule has 18 heavy (non-hydrogen) atoms. The molecule has 0 radical (unpaired) electrons. The van der Waals surface area contributed by atoms with Gasteiger partial charge >= 0.3 is 0 Å². The van der Waals surface area contributed by atoms with Gasteiger partial charge in [-0.3, -0.25) is 4.90 Å². The molecule has 2 rings (SSSR count). The van der Waals surface area contributed by atoms with Crippen LogP contribution in [-0.4, -0.2) is 42.3 Å². The molecule has 106 valence electrons. The minimum Gasteiger partial charge on any atom is -0.377 e. The summed E-state index contributed by atoms with van der Waals surface area (Å²) in [6.45, 7) is 14.3. The van der Waals surface area contributed by atoms with E-state index in [1.807, 2.05) is 0 Å². The molecule has 2 N–H and O–H groups in total. The Morgan fingerprint density at radius 3 is 2.61 bits per heavy atom. The summed E-state index contributed by atoms with van der Waals surface area (Å²) in [6, 6.07) is 0.565. The first-order chi connectivity index (χ1) is 8.34. The maximum absolute atomic E-state index is 6.83. The summed E-state index contributed by atoms with van der Waals surface area (Å²) in [7, 11) is 0. The molecule has 0 aromatic heterocycles. The van der Waals surface area contributed by atoms with Crippen LogP contribution in [-0.2, 0) is 4.74 Å². The third-order valence-corrected chi connectivity index (χ3v) is 5.50. The Kier molecular flexibility index (Phi) is 3.79. The van der Waals surface area contributed by atoms with Crippen molar-refractivity contribution in [3.05, 3.63) is 0 Å². The van der Waals surface area contributed by atoms with Gasteiger partial charge in [0.15, 0.2) is 0 Å². The van der Waals surface area contributed by atoms with E-state index < -0.39 is 0 Å². The number of rotatable bonds is 4. The first kappa shape index (κ1) is 14.3. The van der Waals surface area contributed by atoms with Gasteiger partial charge in [-0.2, -0.15) is 0 Å². The van der Waals surface area contributed by atoms with Gasteiger partial charge < -0.3 is 10.5 Å². The van der Waals surface area contributed by atoms with Crippen LogP contribution >= 0.6 is 0 Å². The number of nitrogens with zero attached hydrogens (tertiary/aromatic N) is 1. The van der Waals surface area contributed by atoms with E-state index in [9.17, 15) is 0 Å². The van der Waals surface area contributed by atoms with Gasteiger partial charge in [-0.15, -0.1) is 0 Å². The van der Waals surface area contributed by atoms with Crippen molar-refractivity contribution in [2.75, 3.05) is 19.7 Å². The van der Waals surface area contributed by atoms with Crippen LogP contribution in [0.1, 0.15) is 47.5 Å². The predicted octanol–water partition coefficient (Wildman–Crippen LogP) is 2.25. The van der Waals surface area contributed by atoms with Crippen LogP contribution in [0.5, 0.6) is 0 Å². The van der Waals surface area contributed by atoms with Crippen molar-refractivity contribution in [1.29, 1.82) is 0 Å². The average molecular weight is 254 g/mol. The maximum Gasteiger partial charge on any atom is 0.0690 e. The molecular formula is C15H30N2O. The van der Waals surface area contributed by atoms with Crippen LogP contribution < -0.4 is 5.73 Å². The van der Waals surface area contributed by atoms with Crippen molar-refractivity contribution in [2.45, 2.75) is 65.1 Å². The highest BCUT2D eigenvalue weighted by molar-refractivity contribution is 5.20. The number of nitrogens with two attached hydrogens (primary N) is 1. The lowest BCUT2D eigenvalue weighted by Crippen LogP contribution is -2.80. The fourth-order valence-corrected chi connectivity index (χ4v) is 3.98. The molecular weight excluding hydrogens is 224 g/mol. The topological polar surface area (TPSA) is 38.5 Å². The second-order valence-corrected chi connectivity index (χ2v) is 6.96. The lowest BCUT2D eigenvalue weighted by Gasteiger charge is -2.67. The van der Waals surface area contributed by atoms with E-state index in [0.717, 1.165) is 19.7 Å². The molecule has 0 bridgehead atoms. The van der Waals surface area contributed by atoms with Crippen molar-refractivity contribution in [2.24, 2.45) is 17.1 Å². The van der Waals surface area contributed by atoms with Crippen LogP contribution in [0.25, 0.3) is 0 Å². The largest absolute Gasteiger partial charge is 0.377 e. The van der Waals surface area contributed by atoms with Crippen molar-refractivity contribution in [1.82, 2.24) is 4.90 Å². The Hall–Kier alpha value is -0.120. The van der Waals surface area contributed by atoms with E-state index >= 15 is 0 Å². The summed E-state index contributed by atoms with van der Waals surface area (Å²) < 4.78 is 5.96. The van der Waals surface area contributed by atoms with Crippen LogP contribution in [0.2, 0.25) is 0 Å². The third-order valence-electron chi connectivity index (χ3n) is 5.50. The fourth-order valence-electron chi connectivity index (χ4n) is 3.98. The molecule has 3 unspecified atom stereocenters. The first-order valence-electron chi connectivity index (χ1n) is 7.49. The smallest absolute Gasteiger partial charge is 0.0690 e. The van der Waals surface area contributed by atoms with Gasteiger partial charge in [0.25, 0.3) is 0 Å². The molecule has 2 fully saturated rings. The number of ether oxygens (including phenoxy) is 1. The molecule has 0 aromatic carbocycles. The minimum atomic E-state index is -0.0850. The number of likely N-dealkylation sites (N-methyl/N-ethyl adjacent to an activating group) is 1. The van der Waals surface area contributed by atoms with E-state index in [-0.39, 0.29) is 11.0 Å². The SMILES string of the molecule is CCN(CC1(N)C2CCCOC2C1(C)C)C(C)C. The van der Waals surface area contributed by atoms with Crippen LogP contribution in [0.15, 0.2) is 0 Å². The molecule has 3 atom stereocenters. The van der Waals surface area contributed by atoms with Crippen molar-refractivity contribution in [3.63, 3.8) is 0 Å². The number of hydrogen-bond donors (Lipinski definition) is 1. The van der Waals surface area contributed by atoms with E-state index in [1.54, 1.807) is 0 Å². The Morgan fingerprint density at radius 1 is 1.39 bits per heavy atom. The molecule has 1 saturated carbocycles. The van der Waals surface area contributed by atoms with Crippen LogP contribution in [0, 0.1) is 11.3 Å². The highest BCUT2D eigenvalue weighted by atomic mass is 16.5. The normalized spacial score (nSPS) is 38.7. The van der Waals surface area contributed by atoms with Gasteiger partial charge in [-0.1, -0.05) is 20.8 Å². The molecule has 2 aliphatic rings. The Bertz CT molecular complexity index is 303. The zero-order valence-electron chi connectivity index (χ0n) is 12.7. The molecule has 1 aliphatic heterocycles. The Balaban J connectivity index is 2.14. The molecule has 1 heterocycles. The van der Waals surface area contributed by atoms with E-state index in [0.29, 0.717) is 18.1 Å². The monoisotopic (exact) mass is 254 g/mol. The standard InChI is InChI=1S/C15H30N2O/c1-6-17(11(2)3)10-15(16)12-8-7-9-18-13(12)14(15,4)5/h11-13H,6-10,16H2,1-5H3. The van der Waals surface area contributed by atoms with Crippen molar-refractivity contribution >= 4 is 0 Å². The van der Waals surface area contributed by atoms with E-state index in [2.05, 4.69) is 39.5 Å². The molecule has 1 aliphatic carbocycles. The summed E-state index contributed by atoms with van der Waals surface area (Å²) in [5.74, 6) is 0.550. The molecule has 1 saturated heterocycles.